The summed E-state index contributed by atoms with van der Waals surface area (Å²) in [6, 6.07) is 6.65. The van der Waals surface area contributed by atoms with Crippen LogP contribution in [0.4, 0.5) is 10.5 Å². The van der Waals surface area contributed by atoms with Crippen LogP contribution in [0.1, 0.15) is 54.0 Å². The SMILES string of the molecule is CC(C)CCNC(=O)N1CCC[C@H]1c1nnc(C(=O)Nc2ccc(Cl)cc2)s1. The van der Waals surface area contributed by atoms with Crippen molar-refractivity contribution in [2.45, 2.75) is 39.2 Å². The maximum Gasteiger partial charge on any atom is 0.317 e. The summed E-state index contributed by atoms with van der Waals surface area (Å²) < 4.78 is 0. The standard InChI is InChI=1S/C19H24ClN5O2S/c1-12(2)9-10-21-19(27)25-11-3-4-15(25)17-23-24-18(28-17)16(26)22-14-7-5-13(20)6-8-14/h5-8,12,15H,3-4,9-11H2,1-2H3,(H,21,27)(H,22,26)/t15-/m0/s1. The van der Waals surface area contributed by atoms with Crippen LogP contribution in [0.15, 0.2) is 24.3 Å². The van der Waals surface area contributed by atoms with Gasteiger partial charge < -0.3 is 15.5 Å². The van der Waals surface area contributed by atoms with Gasteiger partial charge in [-0.25, -0.2) is 4.79 Å². The molecule has 0 bridgehead atoms. The van der Waals surface area contributed by atoms with E-state index in [2.05, 4.69) is 34.7 Å². The number of halogens is 1. The molecule has 1 atom stereocenters. The van der Waals surface area contributed by atoms with Crippen molar-refractivity contribution in [1.82, 2.24) is 20.4 Å². The first-order valence-electron chi connectivity index (χ1n) is 9.39. The fraction of sp³-hybridized carbons (Fsp3) is 0.474. The van der Waals surface area contributed by atoms with Crippen LogP contribution in [0.2, 0.25) is 5.02 Å². The molecule has 2 N–H and O–H groups in total. The zero-order valence-electron chi connectivity index (χ0n) is 15.9. The van der Waals surface area contributed by atoms with Crippen LogP contribution >= 0.6 is 22.9 Å². The monoisotopic (exact) mass is 421 g/mol. The van der Waals surface area contributed by atoms with Gasteiger partial charge in [0.05, 0.1) is 6.04 Å². The Hall–Kier alpha value is -2.19. The third kappa shape index (κ3) is 5.20. The first-order chi connectivity index (χ1) is 13.4. The van der Waals surface area contributed by atoms with Crippen molar-refractivity contribution in [1.29, 1.82) is 0 Å². The second-order valence-electron chi connectivity index (χ2n) is 7.17. The number of benzene rings is 1. The zero-order chi connectivity index (χ0) is 20.1. The minimum Gasteiger partial charge on any atom is -0.338 e. The van der Waals surface area contributed by atoms with Gasteiger partial charge in [0, 0.05) is 23.8 Å². The number of rotatable bonds is 6. The van der Waals surface area contributed by atoms with Gasteiger partial charge >= 0.3 is 6.03 Å². The number of carbonyl (C=O) groups excluding carboxylic acids is 2. The van der Waals surface area contributed by atoms with Gasteiger partial charge in [-0.1, -0.05) is 36.8 Å². The van der Waals surface area contributed by atoms with Crippen molar-refractivity contribution >= 4 is 40.6 Å². The highest BCUT2D eigenvalue weighted by Gasteiger charge is 2.33. The van der Waals surface area contributed by atoms with Gasteiger partial charge in [-0.3, -0.25) is 4.79 Å². The third-order valence-electron chi connectivity index (χ3n) is 4.53. The lowest BCUT2D eigenvalue weighted by atomic mass is 10.1. The van der Waals surface area contributed by atoms with Crippen LogP contribution in [0.5, 0.6) is 0 Å². The van der Waals surface area contributed by atoms with Gasteiger partial charge in [-0.2, -0.15) is 0 Å². The predicted octanol–water partition coefficient (Wildman–Crippen LogP) is 4.34. The molecule has 28 heavy (non-hydrogen) atoms. The number of carbonyl (C=O) groups is 2. The molecule has 1 aromatic carbocycles. The molecule has 3 amide bonds. The lowest BCUT2D eigenvalue weighted by Gasteiger charge is -2.23. The third-order valence-corrected chi connectivity index (χ3v) is 5.81. The molecule has 3 rings (SSSR count). The van der Waals surface area contributed by atoms with Crippen LogP contribution in [0.3, 0.4) is 0 Å². The summed E-state index contributed by atoms with van der Waals surface area (Å²) in [5.74, 6) is 0.219. The summed E-state index contributed by atoms with van der Waals surface area (Å²) in [6.07, 6.45) is 2.68. The Labute approximate surface area is 173 Å². The van der Waals surface area contributed by atoms with E-state index >= 15 is 0 Å². The van der Waals surface area contributed by atoms with E-state index in [9.17, 15) is 9.59 Å². The largest absolute Gasteiger partial charge is 0.338 e. The molecule has 1 aliphatic heterocycles. The molecule has 7 nitrogen and oxygen atoms in total. The summed E-state index contributed by atoms with van der Waals surface area (Å²) in [4.78, 5) is 26.7. The highest BCUT2D eigenvalue weighted by Crippen LogP contribution is 2.33. The Kier molecular flexibility index (Phi) is 6.85. The fourth-order valence-corrected chi connectivity index (χ4v) is 4.03. The Morgan fingerprint density at radius 3 is 2.75 bits per heavy atom. The average molecular weight is 422 g/mol. The van der Waals surface area contributed by atoms with Gasteiger partial charge in [0.25, 0.3) is 5.91 Å². The number of nitrogens with one attached hydrogen (secondary N) is 2. The summed E-state index contributed by atoms with van der Waals surface area (Å²) in [7, 11) is 0. The van der Waals surface area contributed by atoms with Crippen molar-refractivity contribution in [3.8, 4) is 0 Å². The van der Waals surface area contributed by atoms with Crippen LogP contribution in [-0.2, 0) is 0 Å². The summed E-state index contributed by atoms with van der Waals surface area (Å²) in [5, 5.41) is 15.5. The second kappa shape index (κ2) is 9.34. The molecule has 0 saturated carbocycles. The molecule has 1 aromatic heterocycles. The number of hydrogen-bond donors (Lipinski definition) is 2. The number of hydrogen-bond acceptors (Lipinski definition) is 5. The Morgan fingerprint density at radius 2 is 2.04 bits per heavy atom. The number of anilines is 1. The lowest BCUT2D eigenvalue weighted by molar-refractivity contribution is 0.102. The Bertz CT molecular complexity index is 824. The average Bonchev–Trinajstić information content (AvgIpc) is 3.32. The van der Waals surface area contributed by atoms with Crippen LogP contribution in [-0.4, -0.2) is 40.1 Å². The van der Waals surface area contributed by atoms with Crippen LogP contribution in [0.25, 0.3) is 0 Å². The molecule has 2 heterocycles. The Morgan fingerprint density at radius 1 is 1.29 bits per heavy atom. The number of likely N-dealkylation sites (tertiary alicyclic amines) is 1. The topological polar surface area (TPSA) is 87.2 Å². The van der Waals surface area contributed by atoms with Gasteiger partial charge in [-0.15, -0.1) is 10.2 Å². The molecular formula is C19H24ClN5O2S. The lowest BCUT2D eigenvalue weighted by Crippen LogP contribution is -2.40. The van der Waals surface area contributed by atoms with E-state index in [0.29, 0.717) is 34.7 Å². The maximum absolute atomic E-state index is 12.5. The Balaban J connectivity index is 1.62. The van der Waals surface area contributed by atoms with E-state index in [-0.39, 0.29) is 23.0 Å². The molecule has 1 saturated heterocycles. The van der Waals surface area contributed by atoms with Gasteiger partial charge in [-0.05, 0) is 49.4 Å². The molecule has 9 heteroatoms. The highest BCUT2D eigenvalue weighted by molar-refractivity contribution is 7.13. The van der Waals surface area contributed by atoms with E-state index in [4.69, 9.17) is 11.6 Å². The first kappa shape index (κ1) is 20.5. The summed E-state index contributed by atoms with van der Waals surface area (Å²) >= 11 is 7.09. The highest BCUT2D eigenvalue weighted by atomic mass is 35.5. The quantitative estimate of drug-likeness (QED) is 0.726. The zero-order valence-corrected chi connectivity index (χ0v) is 17.5. The number of amides is 3. The van der Waals surface area contributed by atoms with E-state index < -0.39 is 0 Å². The van der Waals surface area contributed by atoms with E-state index in [1.54, 1.807) is 29.2 Å². The summed E-state index contributed by atoms with van der Waals surface area (Å²) in [5.41, 5.74) is 0.637. The molecule has 1 aliphatic rings. The first-order valence-corrected chi connectivity index (χ1v) is 10.6. The number of aromatic nitrogens is 2. The molecular weight excluding hydrogens is 398 g/mol. The van der Waals surface area contributed by atoms with Gasteiger partial charge in [0.1, 0.15) is 5.01 Å². The fourth-order valence-electron chi connectivity index (χ4n) is 3.01. The van der Waals surface area contributed by atoms with E-state index in [0.717, 1.165) is 19.3 Å². The molecule has 0 aliphatic carbocycles. The molecule has 150 valence electrons. The van der Waals surface area contributed by atoms with Gasteiger partial charge in [0.2, 0.25) is 5.01 Å². The predicted molar refractivity (Wildman–Crippen MR) is 111 cm³/mol. The van der Waals surface area contributed by atoms with Crippen molar-refractivity contribution < 1.29 is 9.59 Å². The maximum atomic E-state index is 12.5. The number of nitrogens with zero attached hydrogens (tertiary/aromatic N) is 3. The van der Waals surface area contributed by atoms with Crippen molar-refractivity contribution in [2.24, 2.45) is 5.92 Å². The summed E-state index contributed by atoms with van der Waals surface area (Å²) in [6.45, 7) is 5.60. The molecule has 0 spiro atoms. The molecule has 1 fully saturated rings. The molecule has 0 radical (unpaired) electrons. The van der Waals surface area contributed by atoms with Crippen molar-refractivity contribution in [3.05, 3.63) is 39.3 Å². The minimum atomic E-state index is -0.322. The smallest absolute Gasteiger partial charge is 0.317 e. The van der Waals surface area contributed by atoms with Crippen molar-refractivity contribution in [2.75, 3.05) is 18.4 Å². The normalized spacial score (nSPS) is 16.4. The minimum absolute atomic E-state index is 0.0782. The van der Waals surface area contributed by atoms with Crippen LogP contribution in [0, 0.1) is 5.92 Å². The molecule has 0 unspecified atom stereocenters. The number of urea groups is 1. The van der Waals surface area contributed by atoms with Crippen LogP contribution < -0.4 is 10.6 Å². The van der Waals surface area contributed by atoms with E-state index in [1.165, 1.54) is 11.3 Å². The second-order valence-corrected chi connectivity index (χ2v) is 8.62. The van der Waals surface area contributed by atoms with Gasteiger partial charge in [0.15, 0.2) is 0 Å². The molecule has 2 aromatic rings. The van der Waals surface area contributed by atoms with Crippen molar-refractivity contribution in [3.63, 3.8) is 0 Å². The van der Waals surface area contributed by atoms with E-state index in [1.807, 2.05) is 0 Å².